The van der Waals surface area contributed by atoms with Gasteiger partial charge in [0.2, 0.25) is 0 Å². The van der Waals surface area contributed by atoms with Crippen LogP contribution in [0.1, 0.15) is 24.6 Å². The Hall–Kier alpha value is -0.540. The van der Waals surface area contributed by atoms with Crippen LogP contribution in [0.5, 0.6) is 0 Å². The zero-order valence-corrected chi connectivity index (χ0v) is 13.6. The molecule has 1 aromatic rings. The van der Waals surface area contributed by atoms with Crippen molar-refractivity contribution in [3.63, 3.8) is 0 Å². The van der Waals surface area contributed by atoms with Crippen LogP contribution >= 0.6 is 20.4 Å². The van der Waals surface area contributed by atoms with Crippen LogP contribution in [-0.4, -0.2) is 52.4 Å². The molecule has 1 aliphatic heterocycles. The monoisotopic (exact) mass is 345 g/mol. The predicted octanol–water partition coefficient (Wildman–Crippen LogP) is -0.199. The summed E-state index contributed by atoms with van der Waals surface area (Å²) in [5.74, 6) is 0. The molecule has 2 heterocycles. The third-order valence-electron chi connectivity index (χ3n) is 2.73. The van der Waals surface area contributed by atoms with E-state index < -0.39 is 14.7 Å². The molecular formula is C10H16B2N2O6PS+. The molecule has 2 atom stereocenters. The third kappa shape index (κ3) is 6.29. The Morgan fingerprint density at radius 1 is 1.55 bits per heavy atom. The van der Waals surface area contributed by atoms with Crippen molar-refractivity contribution in [3.8, 4) is 0 Å². The molecule has 0 aliphatic carbocycles. The molecular weight excluding hydrogens is 329 g/mol. The molecule has 1 aromatic heterocycles. The van der Waals surface area contributed by atoms with Gasteiger partial charge in [0.05, 0.1) is 6.51 Å². The lowest BCUT2D eigenvalue weighted by atomic mass is 9.98. The van der Waals surface area contributed by atoms with Gasteiger partial charge in [0.1, 0.15) is 21.9 Å². The summed E-state index contributed by atoms with van der Waals surface area (Å²) in [6, 6.07) is -0.232. The molecule has 0 amide bonds. The number of rotatable bonds is 3. The van der Waals surface area contributed by atoms with Gasteiger partial charge in [-0.2, -0.15) is 19.2 Å². The molecule has 4 radical (unpaired) electrons. The van der Waals surface area contributed by atoms with Gasteiger partial charge >= 0.3 is 8.17 Å². The van der Waals surface area contributed by atoms with E-state index >= 15 is 0 Å². The number of hydrogen-bond donors (Lipinski definition) is 4. The van der Waals surface area contributed by atoms with E-state index in [-0.39, 0.29) is 17.8 Å². The zero-order chi connectivity index (χ0) is 16.9. The minimum atomic E-state index is -4.04. The summed E-state index contributed by atoms with van der Waals surface area (Å²) in [6.45, 7) is 1.34. The van der Waals surface area contributed by atoms with E-state index in [4.69, 9.17) is 39.5 Å². The first-order chi connectivity index (χ1) is 10.1. The predicted molar refractivity (Wildman–Crippen MR) is 84.8 cm³/mol. The molecule has 1 saturated heterocycles. The standard InChI is InChI=1S/C9H11BN2O2S.CH5BO4P/c1-5-4-12(9(15)11-8(5)13)7-3-2-6(10)14-7;2-1-6-7(3,4)5/h4,6-7H,2-3H2,1H3,(H,11,13,15);3-5H,1H2/q;+1/t6-,7?;/m0./s1. The molecule has 8 nitrogen and oxygen atoms in total. The number of aromatic nitrogens is 2. The first-order valence-corrected chi connectivity index (χ1v) is 8.26. The Balaban J connectivity index is 0.000000295. The topological polar surface area (TPSA) is 117 Å². The van der Waals surface area contributed by atoms with E-state index in [2.05, 4.69) is 17.4 Å². The number of nitrogens with one attached hydrogen (secondary N) is 1. The Morgan fingerprint density at radius 3 is 2.59 bits per heavy atom. The second-order valence-corrected chi connectivity index (χ2v) is 6.17. The maximum absolute atomic E-state index is 11.3. The Bertz CT molecular complexity index is 604. The number of nitrogens with zero attached hydrogens (tertiary/aromatic N) is 1. The van der Waals surface area contributed by atoms with Crippen LogP contribution in [-0.2, 0) is 9.26 Å². The summed E-state index contributed by atoms with van der Waals surface area (Å²) in [4.78, 5) is 37.7. The van der Waals surface area contributed by atoms with Crippen LogP contribution in [0.2, 0.25) is 0 Å². The Kier molecular flexibility index (Phi) is 7.40. The van der Waals surface area contributed by atoms with Crippen molar-refractivity contribution >= 4 is 36.1 Å². The molecule has 4 N–H and O–H groups in total. The minimum absolute atomic E-state index is 0.150. The molecule has 0 spiro atoms. The summed E-state index contributed by atoms with van der Waals surface area (Å²) in [5.41, 5.74) is 0.464. The number of hydrogen-bond acceptors (Lipinski definition) is 7. The largest absolute Gasteiger partial charge is 0.566 e. The smallest absolute Gasteiger partial charge is 0.365 e. The second kappa shape index (κ2) is 8.35. The quantitative estimate of drug-likeness (QED) is 0.341. The lowest BCUT2D eigenvalue weighted by Crippen LogP contribution is -2.19. The molecule has 1 fully saturated rings. The Morgan fingerprint density at radius 2 is 2.18 bits per heavy atom. The average Bonchev–Trinajstić information content (AvgIpc) is 2.79. The van der Waals surface area contributed by atoms with Gasteiger partial charge in [-0.15, -0.1) is 0 Å². The first-order valence-electron chi connectivity index (χ1n) is 6.29. The van der Waals surface area contributed by atoms with Crippen molar-refractivity contribution in [1.82, 2.24) is 9.55 Å². The number of aryl methyl sites for hydroxylation is 1. The fourth-order valence-corrected chi connectivity index (χ4v) is 2.21. The molecule has 22 heavy (non-hydrogen) atoms. The SMILES string of the molecule is [B]CO[P+](O)(O)O.[B][C@@H]1CCC(n2cc(C)c(=O)[nH]c2=S)O1. The van der Waals surface area contributed by atoms with Gasteiger partial charge in [-0.05, 0) is 32.0 Å². The number of aromatic amines is 1. The van der Waals surface area contributed by atoms with E-state index in [1.807, 2.05) is 0 Å². The lowest BCUT2D eigenvalue weighted by Gasteiger charge is -2.15. The van der Waals surface area contributed by atoms with Gasteiger partial charge in [-0.1, -0.05) is 0 Å². The van der Waals surface area contributed by atoms with Gasteiger partial charge in [0, 0.05) is 17.8 Å². The van der Waals surface area contributed by atoms with Gasteiger partial charge in [0.25, 0.3) is 5.56 Å². The van der Waals surface area contributed by atoms with Gasteiger partial charge in [-0.25, -0.2) is 0 Å². The lowest BCUT2D eigenvalue weighted by molar-refractivity contribution is 0.0353. The van der Waals surface area contributed by atoms with E-state index in [1.165, 1.54) is 0 Å². The fourth-order valence-electron chi connectivity index (χ4n) is 1.75. The molecule has 0 saturated carbocycles. The number of H-pyrrole nitrogens is 1. The molecule has 0 bridgehead atoms. The fraction of sp³-hybridized carbons (Fsp3) is 0.600. The van der Waals surface area contributed by atoms with Crippen LogP contribution in [0, 0.1) is 11.7 Å². The molecule has 1 unspecified atom stereocenters. The number of ether oxygens (including phenoxy) is 1. The van der Waals surface area contributed by atoms with Crippen molar-refractivity contribution in [2.24, 2.45) is 0 Å². The van der Waals surface area contributed by atoms with Crippen molar-refractivity contribution in [2.75, 3.05) is 6.51 Å². The van der Waals surface area contributed by atoms with Crippen LogP contribution in [0.3, 0.4) is 0 Å². The van der Waals surface area contributed by atoms with Crippen molar-refractivity contribution in [3.05, 3.63) is 26.9 Å². The van der Waals surface area contributed by atoms with Crippen LogP contribution in [0.15, 0.2) is 11.0 Å². The van der Waals surface area contributed by atoms with E-state index in [9.17, 15) is 4.79 Å². The highest BCUT2D eigenvalue weighted by Crippen LogP contribution is 2.44. The second-order valence-electron chi connectivity index (χ2n) is 4.49. The summed E-state index contributed by atoms with van der Waals surface area (Å²) in [6.07, 6.45) is 3.19. The highest BCUT2D eigenvalue weighted by Gasteiger charge is 2.31. The van der Waals surface area contributed by atoms with Crippen molar-refractivity contribution < 1.29 is 23.9 Å². The third-order valence-corrected chi connectivity index (χ3v) is 3.54. The summed E-state index contributed by atoms with van der Waals surface area (Å²) >= 11 is 5.06. The van der Waals surface area contributed by atoms with Crippen LogP contribution < -0.4 is 5.56 Å². The van der Waals surface area contributed by atoms with Crippen LogP contribution in [0.25, 0.3) is 0 Å². The molecule has 2 rings (SSSR count). The highest BCUT2D eigenvalue weighted by molar-refractivity contribution is 7.71. The molecule has 118 valence electrons. The van der Waals surface area contributed by atoms with Crippen LogP contribution in [0.4, 0.5) is 0 Å². The van der Waals surface area contributed by atoms with Gasteiger partial charge < -0.3 is 4.74 Å². The van der Waals surface area contributed by atoms with E-state index in [1.54, 1.807) is 17.7 Å². The molecule has 0 aromatic carbocycles. The van der Waals surface area contributed by atoms with Crippen molar-refractivity contribution in [2.45, 2.75) is 32.0 Å². The average molecular weight is 345 g/mol. The zero-order valence-electron chi connectivity index (χ0n) is 11.9. The molecule has 12 heteroatoms. The normalized spacial score (nSPS) is 21.3. The van der Waals surface area contributed by atoms with E-state index in [0.29, 0.717) is 10.3 Å². The van der Waals surface area contributed by atoms with E-state index in [0.717, 1.165) is 12.8 Å². The maximum Gasteiger partial charge on any atom is 0.566 e. The first kappa shape index (κ1) is 19.5. The Labute approximate surface area is 135 Å². The van der Waals surface area contributed by atoms with Gasteiger partial charge in [-0.3, -0.25) is 14.3 Å². The minimum Gasteiger partial charge on any atom is -0.365 e. The molecule has 1 aliphatic rings. The highest BCUT2D eigenvalue weighted by atomic mass is 32.1. The summed E-state index contributed by atoms with van der Waals surface area (Å²) < 4.78 is 11.4. The van der Waals surface area contributed by atoms with Crippen molar-refractivity contribution in [1.29, 1.82) is 0 Å². The summed E-state index contributed by atoms with van der Waals surface area (Å²) in [7, 11) is 6.24. The maximum atomic E-state index is 11.3. The van der Waals surface area contributed by atoms with Gasteiger partial charge in [0.15, 0.2) is 4.77 Å². The summed E-state index contributed by atoms with van der Waals surface area (Å²) in [5, 5.41) is 0.